The average molecular weight is 254 g/mol. The molecule has 0 amide bonds. The van der Waals surface area contributed by atoms with Crippen LogP contribution in [-0.2, 0) is 6.54 Å². The number of benzene rings is 1. The number of anilines is 1. The number of oxazole rings is 1. The second kappa shape index (κ2) is 4.72. The van der Waals surface area contributed by atoms with E-state index in [1.165, 1.54) is 0 Å². The number of fused-ring (bicyclic) bond motifs is 1. The van der Waals surface area contributed by atoms with Crippen LogP contribution in [0.25, 0.3) is 22.6 Å². The Kier molecular flexibility index (Phi) is 2.91. The number of nitrogens with zero attached hydrogens (tertiary/aromatic N) is 2. The van der Waals surface area contributed by atoms with Crippen molar-refractivity contribution in [2.45, 2.75) is 19.9 Å². The fourth-order valence-electron chi connectivity index (χ4n) is 2.11. The molecule has 3 rings (SSSR count). The van der Waals surface area contributed by atoms with Gasteiger partial charge in [0.05, 0.1) is 0 Å². The van der Waals surface area contributed by atoms with Gasteiger partial charge in [0.2, 0.25) is 5.89 Å². The highest BCUT2D eigenvalue weighted by molar-refractivity contribution is 5.79. The van der Waals surface area contributed by atoms with Gasteiger partial charge < -0.3 is 10.2 Å². The lowest BCUT2D eigenvalue weighted by atomic mass is 10.3. The molecule has 2 N–H and O–H groups in total. The molecule has 2 aromatic heterocycles. The fourth-order valence-corrected chi connectivity index (χ4v) is 2.11. The number of nitrogen functional groups attached to an aromatic ring is 1. The van der Waals surface area contributed by atoms with Crippen LogP contribution in [0.1, 0.15) is 13.3 Å². The van der Waals surface area contributed by atoms with E-state index in [9.17, 15) is 0 Å². The van der Waals surface area contributed by atoms with Crippen molar-refractivity contribution in [3.63, 3.8) is 0 Å². The normalized spacial score (nSPS) is 11.0. The summed E-state index contributed by atoms with van der Waals surface area (Å²) in [6.45, 7) is 3.14. The maximum absolute atomic E-state index is 5.76. The first-order chi connectivity index (χ1) is 9.26. The van der Waals surface area contributed by atoms with Gasteiger partial charge in [0.1, 0.15) is 17.6 Å². The summed E-state index contributed by atoms with van der Waals surface area (Å²) in [5.41, 5.74) is 8.97. The van der Waals surface area contributed by atoms with Crippen LogP contribution in [-0.4, -0.2) is 4.98 Å². The third kappa shape index (κ3) is 2.29. The summed E-state index contributed by atoms with van der Waals surface area (Å²) in [4.78, 5) is 4.49. The lowest BCUT2D eigenvalue weighted by Gasteiger charge is -1.95. The number of aromatic nitrogens is 2. The minimum absolute atomic E-state index is 0.631. The molecule has 3 aromatic rings. The molecule has 4 nitrogen and oxygen atoms in total. The number of nitrogens with two attached hydrogens (primary N) is 1. The van der Waals surface area contributed by atoms with Gasteiger partial charge in [-0.3, -0.25) is 0 Å². The van der Waals surface area contributed by atoms with Crippen LogP contribution in [0, 0.1) is 0 Å². The number of hydrogen-bond acceptors (Lipinski definition) is 3. The standard InChI is InChI=1S/C15H16N3O/c1-2-7-18-8-3-4-11(10-18)15-17-13-9-12(16)5-6-14(13)19-15/h3-6,8-10H,2,7,16H2,1H3/q+1. The summed E-state index contributed by atoms with van der Waals surface area (Å²) in [5, 5.41) is 0. The van der Waals surface area contributed by atoms with Gasteiger partial charge in [0.15, 0.2) is 18.0 Å². The van der Waals surface area contributed by atoms with Gasteiger partial charge >= 0.3 is 0 Å². The molecule has 4 heteroatoms. The van der Waals surface area contributed by atoms with E-state index in [2.05, 4.69) is 22.7 Å². The first-order valence-electron chi connectivity index (χ1n) is 6.42. The zero-order valence-corrected chi connectivity index (χ0v) is 10.8. The van der Waals surface area contributed by atoms with Crippen molar-refractivity contribution in [2.75, 3.05) is 5.73 Å². The van der Waals surface area contributed by atoms with E-state index in [0.29, 0.717) is 11.6 Å². The molecule has 0 aliphatic heterocycles. The Morgan fingerprint density at radius 2 is 2.21 bits per heavy atom. The third-order valence-corrected chi connectivity index (χ3v) is 3.00. The van der Waals surface area contributed by atoms with Gasteiger partial charge in [-0.1, -0.05) is 6.92 Å². The second-order valence-corrected chi connectivity index (χ2v) is 4.58. The fraction of sp³-hybridized carbons (Fsp3) is 0.200. The first kappa shape index (κ1) is 11.7. The van der Waals surface area contributed by atoms with Gasteiger partial charge in [-0.25, -0.2) is 9.55 Å². The van der Waals surface area contributed by atoms with Crippen molar-refractivity contribution in [3.05, 3.63) is 42.7 Å². The molecule has 0 bridgehead atoms. The third-order valence-electron chi connectivity index (χ3n) is 3.00. The van der Waals surface area contributed by atoms with Crippen molar-refractivity contribution in [1.29, 1.82) is 0 Å². The van der Waals surface area contributed by atoms with Crippen molar-refractivity contribution >= 4 is 16.8 Å². The summed E-state index contributed by atoms with van der Waals surface area (Å²) in [5.74, 6) is 0.631. The van der Waals surface area contributed by atoms with Crippen LogP contribution in [0.15, 0.2) is 47.1 Å². The van der Waals surface area contributed by atoms with E-state index >= 15 is 0 Å². The SMILES string of the molecule is CCC[n+]1cccc(-c2nc3cc(N)ccc3o2)c1. The summed E-state index contributed by atoms with van der Waals surface area (Å²) in [6.07, 6.45) is 5.20. The van der Waals surface area contributed by atoms with E-state index in [1.54, 1.807) is 0 Å². The maximum atomic E-state index is 5.76. The van der Waals surface area contributed by atoms with Crippen molar-refractivity contribution in [2.24, 2.45) is 0 Å². The van der Waals surface area contributed by atoms with Crippen LogP contribution < -0.4 is 10.3 Å². The molecule has 96 valence electrons. The Balaban J connectivity index is 2.05. The van der Waals surface area contributed by atoms with Crippen molar-refractivity contribution in [3.8, 4) is 11.5 Å². The van der Waals surface area contributed by atoms with Crippen LogP contribution in [0.2, 0.25) is 0 Å². The molecular weight excluding hydrogens is 238 g/mol. The molecule has 0 spiro atoms. The maximum Gasteiger partial charge on any atom is 0.233 e. The van der Waals surface area contributed by atoms with Gasteiger partial charge in [0.25, 0.3) is 0 Å². The molecule has 2 heterocycles. The summed E-state index contributed by atoms with van der Waals surface area (Å²) < 4.78 is 7.90. The number of hydrogen-bond donors (Lipinski definition) is 1. The van der Waals surface area contributed by atoms with Gasteiger partial charge in [-0.05, 0) is 24.3 Å². The number of pyridine rings is 1. The lowest BCUT2D eigenvalue weighted by Crippen LogP contribution is -2.32. The highest BCUT2D eigenvalue weighted by atomic mass is 16.3. The topological polar surface area (TPSA) is 55.9 Å². The Bertz CT molecular complexity index is 718. The minimum atomic E-state index is 0.631. The van der Waals surface area contributed by atoms with Gasteiger partial charge in [0, 0.05) is 18.2 Å². The van der Waals surface area contributed by atoms with Gasteiger partial charge in [-0.2, -0.15) is 0 Å². The predicted molar refractivity (Wildman–Crippen MR) is 74.3 cm³/mol. The Morgan fingerprint density at radius 1 is 1.32 bits per heavy atom. The summed E-state index contributed by atoms with van der Waals surface area (Å²) >= 11 is 0. The number of aryl methyl sites for hydroxylation is 1. The van der Waals surface area contributed by atoms with Crippen LogP contribution in [0.4, 0.5) is 5.69 Å². The molecule has 0 saturated heterocycles. The van der Waals surface area contributed by atoms with Crippen molar-refractivity contribution in [1.82, 2.24) is 4.98 Å². The minimum Gasteiger partial charge on any atom is -0.436 e. The van der Waals surface area contributed by atoms with E-state index in [0.717, 1.165) is 29.6 Å². The first-order valence-corrected chi connectivity index (χ1v) is 6.42. The molecule has 0 atom stereocenters. The van der Waals surface area contributed by atoms with Crippen LogP contribution in [0.3, 0.4) is 0 Å². The Morgan fingerprint density at radius 3 is 3.05 bits per heavy atom. The molecule has 0 unspecified atom stereocenters. The predicted octanol–water partition coefficient (Wildman–Crippen LogP) is 2.77. The molecule has 19 heavy (non-hydrogen) atoms. The molecular formula is C15H16N3O+. The highest BCUT2D eigenvalue weighted by Crippen LogP contribution is 2.24. The average Bonchev–Trinajstić information content (AvgIpc) is 2.82. The van der Waals surface area contributed by atoms with Crippen LogP contribution >= 0.6 is 0 Å². The molecule has 1 aromatic carbocycles. The van der Waals surface area contributed by atoms with Gasteiger partial charge in [-0.15, -0.1) is 0 Å². The zero-order chi connectivity index (χ0) is 13.2. The van der Waals surface area contributed by atoms with Crippen LogP contribution in [0.5, 0.6) is 0 Å². The quantitative estimate of drug-likeness (QED) is 0.577. The second-order valence-electron chi connectivity index (χ2n) is 4.58. The Hall–Kier alpha value is -2.36. The monoisotopic (exact) mass is 254 g/mol. The highest BCUT2D eigenvalue weighted by Gasteiger charge is 2.11. The molecule has 0 radical (unpaired) electrons. The summed E-state index contributed by atoms with van der Waals surface area (Å²) in [6, 6.07) is 9.50. The molecule has 0 aliphatic carbocycles. The van der Waals surface area contributed by atoms with E-state index in [1.807, 2.05) is 36.5 Å². The van der Waals surface area contributed by atoms with E-state index < -0.39 is 0 Å². The molecule has 0 fully saturated rings. The Labute approximate surface area is 111 Å². The largest absolute Gasteiger partial charge is 0.436 e. The zero-order valence-electron chi connectivity index (χ0n) is 10.8. The van der Waals surface area contributed by atoms with Crippen molar-refractivity contribution < 1.29 is 8.98 Å². The summed E-state index contributed by atoms with van der Waals surface area (Å²) in [7, 11) is 0. The lowest BCUT2D eigenvalue weighted by molar-refractivity contribution is -0.696. The smallest absolute Gasteiger partial charge is 0.233 e. The van der Waals surface area contributed by atoms with E-state index in [-0.39, 0.29) is 0 Å². The number of rotatable bonds is 3. The molecule has 0 saturated carbocycles. The van der Waals surface area contributed by atoms with E-state index in [4.69, 9.17) is 10.2 Å². The molecule has 0 aliphatic rings.